The summed E-state index contributed by atoms with van der Waals surface area (Å²) in [5.74, 6) is -0.889. The molecule has 1 fully saturated rings. The van der Waals surface area contributed by atoms with Gasteiger partial charge in [0, 0.05) is 23.7 Å². The monoisotopic (exact) mass is 423 g/mol. The van der Waals surface area contributed by atoms with Crippen LogP contribution in [0.5, 0.6) is 0 Å². The molecule has 0 bridgehead atoms. The molecule has 1 saturated heterocycles. The minimum absolute atomic E-state index is 0.0782. The first-order valence-corrected chi connectivity index (χ1v) is 11.0. The van der Waals surface area contributed by atoms with Gasteiger partial charge in [-0.25, -0.2) is 0 Å². The van der Waals surface area contributed by atoms with Crippen molar-refractivity contribution in [3.05, 3.63) is 53.6 Å². The number of nitrogens with zero attached hydrogens (tertiary/aromatic N) is 1. The number of piperidine rings is 1. The maximum atomic E-state index is 13.1. The van der Waals surface area contributed by atoms with Gasteiger partial charge in [-0.3, -0.25) is 14.4 Å². The zero-order chi connectivity index (χ0) is 21.3. The van der Waals surface area contributed by atoms with Crippen molar-refractivity contribution in [2.24, 2.45) is 5.92 Å². The second-order valence-electron chi connectivity index (χ2n) is 7.91. The SMILES string of the molecule is Cc1ccc(NC(=O)[C@H]2CCCN(C(=O)[C@H]3Sc4ccccc4NC3=O)C2)c(C)c1. The van der Waals surface area contributed by atoms with Gasteiger partial charge in [0.05, 0.1) is 11.6 Å². The summed E-state index contributed by atoms with van der Waals surface area (Å²) >= 11 is 1.28. The Morgan fingerprint density at radius 1 is 1.17 bits per heavy atom. The summed E-state index contributed by atoms with van der Waals surface area (Å²) in [6.07, 6.45) is 1.47. The molecule has 0 aromatic heterocycles. The van der Waals surface area contributed by atoms with Crippen LogP contribution in [0.15, 0.2) is 47.4 Å². The van der Waals surface area contributed by atoms with Crippen LogP contribution in [0.1, 0.15) is 24.0 Å². The highest BCUT2D eigenvalue weighted by atomic mass is 32.2. The van der Waals surface area contributed by atoms with Gasteiger partial charge in [0.25, 0.3) is 0 Å². The Balaban J connectivity index is 1.42. The molecule has 2 aliphatic rings. The Morgan fingerprint density at radius 3 is 2.77 bits per heavy atom. The number of benzene rings is 2. The lowest BCUT2D eigenvalue weighted by molar-refractivity contribution is -0.136. The van der Waals surface area contributed by atoms with E-state index >= 15 is 0 Å². The highest BCUT2D eigenvalue weighted by Crippen LogP contribution is 2.36. The number of amides is 3. The van der Waals surface area contributed by atoms with Crippen LogP contribution in [-0.4, -0.2) is 41.0 Å². The molecule has 2 aromatic carbocycles. The largest absolute Gasteiger partial charge is 0.340 e. The summed E-state index contributed by atoms with van der Waals surface area (Å²) in [5, 5.41) is 5.01. The fourth-order valence-electron chi connectivity index (χ4n) is 3.96. The van der Waals surface area contributed by atoms with Crippen LogP contribution in [0.4, 0.5) is 11.4 Å². The number of thioether (sulfide) groups is 1. The standard InChI is InChI=1S/C23H25N3O3S/c1-14-9-10-17(15(2)12-14)24-21(27)16-6-5-11-26(13-16)23(29)20-22(28)25-18-7-3-4-8-19(18)30-20/h3-4,7-10,12,16,20H,5-6,11,13H2,1-2H3,(H,24,27)(H,25,28)/t16-,20-/m0/s1. The molecule has 2 atom stereocenters. The molecule has 0 spiro atoms. The number of nitrogens with one attached hydrogen (secondary N) is 2. The van der Waals surface area contributed by atoms with E-state index in [0.717, 1.165) is 40.2 Å². The average molecular weight is 424 g/mol. The van der Waals surface area contributed by atoms with Gasteiger partial charge in [-0.05, 0) is 50.5 Å². The van der Waals surface area contributed by atoms with Crippen molar-refractivity contribution >= 4 is 40.9 Å². The number of carbonyl (C=O) groups excluding carboxylic acids is 3. The van der Waals surface area contributed by atoms with Gasteiger partial charge in [0.2, 0.25) is 17.7 Å². The topological polar surface area (TPSA) is 78.5 Å². The Hall–Kier alpha value is -2.80. The third-order valence-corrected chi connectivity index (χ3v) is 6.86. The first kappa shape index (κ1) is 20.5. The van der Waals surface area contributed by atoms with Crippen molar-refractivity contribution in [1.29, 1.82) is 0 Å². The summed E-state index contributed by atoms with van der Waals surface area (Å²) in [6, 6.07) is 13.4. The summed E-state index contributed by atoms with van der Waals surface area (Å²) in [6.45, 7) is 4.89. The molecule has 3 amide bonds. The Kier molecular flexibility index (Phi) is 5.81. The van der Waals surface area contributed by atoms with E-state index in [2.05, 4.69) is 10.6 Å². The quantitative estimate of drug-likeness (QED) is 0.740. The molecule has 156 valence electrons. The zero-order valence-electron chi connectivity index (χ0n) is 17.1. The van der Waals surface area contributed by atoms with Crippen molar-refractivity contribution < 1.29 is 14.4 Å². The van der Waals surface area contributed by atoms with Crippen molar-refractivity contribution in [3.63, 3.8) is 0 Å². The second-order valence-corrected chi connectivity index (χ2v) is 9.06. The van der Waals surface area contributed by atoms with E-state index in [4.69, 9.17) is 0 Å². The molecule has 2 aliphatic heterocycles. The van der Waals surface area contributed by atoms with Gasteiger partial charge in [-0.1, -0.05) is 29.8 Å². The number of hydrogen-bond donors (Lipinski definition) is 2. The van der Waals surface area contributed by atoms with Crippen molar-refractivity contribution in [3.8, 4) is 0 Å². The van der Waals surface area contributed by atoms with Crippen molar-refractivity contribution in [2.75, 3.05) is 23.7 Å². The maximum absolute atomic E-state index is 13.1. The van der Waals surface area contributed by atoms with Gasteiger partial charge >= 0.3 is 0 Å². The molecule has 0 unspecified atom stereocenters. The predicted octanol–water partition coefficient (Wildman–Crippen LogP) is 3.59. The number of likely N-dealkylation sites (tertiary alicyclic amines) is 1. The van der Waals surface area contributed by atoms with Crippen LogP contribution in [0.3, 0.4) is 0 Å². The molecular formula is C23H25N3O3S. The molecule has 0 saturated carbocycles. The third kappa shape index (κ3) is 4.21. The van der Waals surface area contributed by atoms with Crippen LogP contribution < -0.4 is 10.6 Å². The van der Waals surface area contributed by atoms with E-state index in [1.807, 2.05) is 56.3 Å². The molecule has 6 nitrogen and oxygen atoms in total. The van der Waals surface area contributed by atoms with Gasteiger partial charge in [-0.15, -0.1) is 11.8 Å². The number of aryl methyl sites for hydroxylation is 2. The third-order valence-electron chi connectivity index (χ3n) is 5.60. The normalized spacial score (nSPS) is 20.9. The lowest BCUT2D eigenvalue weighted by Crippen LogP contribution is -2.50. The molecule has 2 N–H and O–H groups in total. The first-order chi connectivity index (χ1) is 14.4. The Labute approximate surface area is 180 Å². The number of carbonyl (C=O) groups is 3. The van der Waals surface area contributed by atoms with Gasteiger partial charge in [-0.2, -0.15) is 0 Å². The highest BCUT2D eigenvalue weighted by Gasteiger charge is 2.38. The lowest BCUT2D eigenvalue weighted by Gasteiger charge is -2.35. The minimum Gasteiger partial charge on any atom is -0.340 e. The fourth-order valence-corrected chi connectivity index (χ4v) is 5.03. The summed E-state index contributed by atoms with van der Waals surface area (Å²) < 4.78 is 0. The van der Waals surface area contributed by atoms with E-state index in [0.29, 0.717) is 13.1 Å². The number of rotatable bonds is 3. The van der Waals surface area contributed by atoms with Gasteiger partial charge in [0.1, 0.15) is 0 Å². The van der Waals surface area contributed by atoms with E-state index in [1.54, 1.807) is 4.90 Å². The molecule has 2 heterocycles. The summed E-state index contributed by atoms with van der Waals surface area (Å²) in [7, 11) is 0. The fraction of sp³-hybridized carbons (Fsp3) is 0.348. The molecule has 0 aliphatic carbocycles. The zero-order valence-corrected chi connectivity index (χ0v) is 17.9. The van der Waals surface area contributed by atoms with E-state index in [-0.39, 0.29) is 23.6 Å². The van der Waals surface area contributed by atoms with E-state index < -0.39 is 5.25 Å². The molecule has 7 heteroatoms. The Bertz CT molecular complexity index is 1010. The number of fused-ring (bicyclic) bond motifs is 1. The molecule has 4 rings (SSSR count). The van der Waals surface area contributed by atoms with Gasteiger partial charge < -0.3 is 15.5 Å². The number of anilines is 2. The van der Waals surface area contributed by atoms with Crippen molar-refractivity contribution in [2.45, 2.75) is 36.8 Å². The van der Waals surface area contributed by atoms with Crippen LogP contribution in [0.2, 0.25) is 0 Å². The average Bonchev–Trinajstić information content (AvgIpc) is 2.74. The predicted molar refractivity (Wildman–Crippen MR) is 119 cm³/mol. The van der Waals surface area contributed by atoms with Gasteiger partial charge in [0.15, 0.2) is 5.25 Å². The van der Waals surface area contributed by atoms with Crippen molar-refractivity contribution in [1.82, 2.24) is 4.90 Å². The lowest BCUT2D eigenvalue weighted by atomic mass is 9.96. The highest BCUT2D eigenvalue weighted by molar-refractivity contribution is 8.01. The summed E-state index contributed by atoms with van der Waals surface area (Å²) in [4.78, 5) is 41.0. The van der Waals surface area contributed by atoms with Crippen LogP contribution in [0.25, 0.3) is 0 Å². The maximum Gasteiger partial charge on any atom is 0.247 e. The smallest absolute Gasteiger partial charge is 0.247 e. The van der Waals surface area contributed by atoms with E-state index in [9.17, 15) is 14.4 Å². The molecule has 30 heavy (non-hydrogen) atoms. The van der Waals surface area contributed by atoms with Crippen LogP contribution in [0, 0.1) is 19.8 Å². The minimum atomic E-state index is -0.818. The summed E-state index contributed by atoms with van der Waals surface area (Å²) in [5.41, 5.74) is 3.69. The first-order valence-electron chi connectivity index (χ1n) is 10.2. The van der Waals surface area contributed by atoms with Crippen LogP contribution in [-0.2, 0) is 14.4 Å². The number of para-hydroxylation sites is 1. The van der Waals surface area contributed by atoms with E-state index in [1.165, 1.54) is 11.8 Å². The number of hydrogen-bond acceptors (Lipinski definition) is 4. The molecule has 2 aromatic rings. The second kappa shape index (κ2) is 8.52. The molecule has 0 radical (unpaired) electrons. The molecular weight excluding hydrogens is 398 g/mol. The Morgan fingerprint density at radius 2 is 1.97 bits per heavy atom. The van der Waals surface area contributed by atoms with Crippen LogP contribution >= 0.6 is 11.8 Å².